The SMILES string of the molecule is CC(NC(=O)Cc1csc(-c2cccc(Cl)c2)n1)c1ccc(F)cc1F. The Kier molecular flexibility index (Phi) is 5.64. The van der Waals surface area contributed by atoms with Crippen LogP contribution in [-0.2, 0) is 11.2 Å². The van der Waals surface area contributed by atoms with Gasteiger partial charge in [0.15, 0.2) is 0 Å². The lowest BCUT2D eigenvalue weighted by molar-refractivity contribution is -0.121. The zero-order valence-corrected chi connectivity index (χ0v) is 15.4. The van der Waals surface area contributed by atoms with E-state index in [2.05, 4.69) is 10.3 Å². The van der Waals surface area contributed by atoms with Crippen LogP contribution in [0, 0.1) is 11.6 Å². The van der Waals surface area contributed by atoms with Crippen molar-refractivity contribution >= 4 is 28.8 Å². The number of nitrogens with one attached hydrogen (secondary N) is 1. The lowest BCUT2D eigenvalue weighted by Crippen LogP contribution is -2.28. The van der Waals surface area contributed by atoms with Crippen LogP contribution in [0.5, 0.6) is 0 Å². The molecule has 3 nitrogen and oxygen atoms in total. The van der Waals surface area contributed by atoms with E-state index in [9.17, 15) is 13.6 Å². The molecule has 0 bridgehead atoms. The van der Waals surface area contributed by atoms with E-state index < -0.39 is 17.7 Å². The van der Waals surface area contributed by atoms with E-state index in [1.54, 1.807) is 18.4 Å². The highest BCUT2D eigenvalue weighted by Crippen LogP contribution is 2.26. The van der Waals surface area contributed by atoms with Crippen molar-refractivity contribution in [3.05, 3.63) is 75.8 Å². The Bertz CT molecular complexity index is 945. The molecule has 0 radical (unpaired) electrons. The molecular formula is C19H15ClF2N2OS. The topological polar surface area (TPSA) is 42.0 Å². The largest absolute Gasteiger partial charge is 0.349 e. The lowest BCUT2D eigenvalue weighted by atomic mass is 10.1. The highest BCUT2D eigenvalue weighted by atomic mass is 35.5. The van der Waals surface area contributed by atoms with Gasteiger partial charge in [0.05, 0.1) is 18.2 Å². The number of amides is 1. The fourth-order valence-corrected chi connectivity index (χ4v) is 3.54. The molecule has 0 aliphatic heterocycles. The summed E-state index contributed by atoms with van der Waals surface area (Å²) in [5.74, 6) is -1.63. The van der Waals surface area contributed by atoms with Gasteiger partial charge in [-0.1, -0.05) is 29.8 Å². The number of carbonyl (C=O) groups is 1. The van der Waals surface area contributed by atoms with E-state index in [1.807, 2.05) is 18.2 Å². The Labute approximate surface area is 158 Å². The Morgan fingerprint density at radius 1 is 1.27 bits per heavy atom. The Morgan fingerprint density at radius 2 is 2.08 bits per heavy atom. The predicted octanol–water partition coefficient (Wildman–Crippen LogP) is 5.16. The molecule has 1 amide bonds. The van der Waals surface area contributed by atoms with Gasteiger partial charge in [0.1, 0.15) is 16.6 Å². The number of halogens is 3. The molecule has 0 aliphatic rings. The van der Waals surface area contributed by atoms with Gasteiger partial charge in [-0.25, -0.2) is 13.8 Å². The standard InChI is InChI=1S/C19H15ClF2N2OS/c1-11(16-6-5-14(21)8-17(16)22)23-18(25)9-15-10-26-19(24-15)12-3-2-4-13(20)7-12/h2-8,10-11H,9H2,1H3,(H,23,25). The minimum atomic E-state index is -0.685. The molecule has 1 aromatic heterocycles. The number of thiazole rings is 1. The first kappa shape index (κ1) is 18.5. The Morgan fingerprint density at radius 3 is 2.81 bits per heavy atom. The minimum Gasteiger partial charge on any atom is -0.349 e. The van der Waals surface area contributed by atoms with Gasteiger partial charge in [0.2, 0.25) is 5.91 Å². The van der Waals surface area contributed by atoms with Gasteiger partial charge in [0, 0.05) is 27.6 Å². The zero-order valence-electron chi connectivity index (χ0n) is 13.8. The summed E-state index contributed by atoms with van der Waals surface area (Å²) in [6, 6.07) is 10.0. The van der Waals surface area contributed by atoms with Crippen molar-refractivity contribution in [3.8, 4) is 10.6 Å². The Hall–Kier alpha value is -2.31. The fraction of sp³-hybridized carbons (Fsp3) is 0.158. The average molecular weight is 393 g/mol. The van der Waals surface area contributed by atoms with Crippen molar-refractivity contribution in [1.29, 1.82) is 0 Å². The summed E-state index contributed by atoms with van der Waals surface area (Å²) < 4.78 is 26.8. The van der Waals surface area contributed by atoms with Gasteiger partial charge in [-0.3, -0.25) is 4.79 Å². The van der Waals surface area contributed by atoms with Gasteiger partial charge in [-0.05, 0) is 25.1 Å². The van der Waals surface area contributed by atoms with Crippen LogP contribution in [0.25, 0.3) is 10.6 Å². The summed E-state index contributed by atoms with van der Waals surface area (Å²) in [6.45, 7) is 1.65. The molecule has 3 aromatic rings. The number of rotatable bonds is 5. The third kappa shape index (κ3) is 4.45. The highest BCUT2D eigenvalue weighted by Gasteiger charge is 2.16. The molecule has 7 heteroatoms. The van der Waals surface area contributed by atoms with Crippen molar-refractivity contribution in [2.24, 2.45) is 0 Å². The molecule has 1 N–H and O–H groups in total. The van der Waals surface area contributed by atoms with Crippen LogP contribution < -0.4 is 5.32 Å². The van der Waals surface area contributed by atoms with Crippen LogP contribution in [-0.4, -0.2) is 10.9 Å². The second-order valence-corrected chi connectivity index (χ2v) is 7.08. The van der Waals surface area contributed by atoms with Gasteiger partial charge < -0.3 is 5.32 Å². The third-order valence-electron chi connectivity index (χ3n) is 3.77. The highest BCUT2D eigenvalue weighted by molar-refractivity contribution is 7.13. The van der Waals surface area contributed by atoms with E-state index in [-0.39, 0.29) is 17.9 Å². The normalized spacial score (nSPS) is 12.0. The van der Waals surface area contributed by atoms with E-state index in [0.717, 1.165) is 16.6 Å². The van der Waals surface area contributed by atoms with Crippen molar-refractivity contribution in [3.63, 3.8) is 0 Å². The summed E-state index contributed by atoms with van der Waals surface area (Å²) in [5.41, 5.74) is 1.74. The summed E-state index contributed by atoms with van der Waals surface area (Å²) in [6.07, 6.45) is 0.0736. The summed E-state index contributed by atoms with van der Waals surface area (Å²) in [5, 5.41) is 5.90. The third-order valence-corrected chi connectivity index (χ3v) is 4.95. The lowest BCUT2D eigenvalue weighted by Gasteiger charge is -2.14. The molecule has 0 fully saturated rings. The van der Waals surface area contributed by atoms with E-state index >= 15 is 0 Å². The zero-order chi connectivity index (χ0) is 18.7. The van der Waals surface area contributed by atoms with Crippen LogP contribution in [0.3, 0.4) is 0 Å². The first-order valence-electron chi connectivity index (χ1n) is 7.87. The van der Waals surface area contributed by atoms with Gasteiger partial charge in [-0.2, -0.15) is 0 Å². The van der Waals surface area contributed by atoms with Crippen LogP contribution in [0.2, 0.25) is 5.02 Å². The van der Waals surface area contributed by atoms with Crippen LogP contribution >= 0.6 is 22.9 Å². The Balaban J connectivity index is 1.65. The second-order valence-electron chi connectivity index (χ2n) is 5.79. The molecule has 2 aromatic carbocycles. The summed E-state index contributed by atoms with van der Waals surface area (Å²) in [7, 11) is 0. The number of nitrogens with zero attached hydrogens (tertiary/aromatic N) is 1. The molecule has 1 heterocycles. The molecular weight excluding hydrogens is 378 g/mol. The van der Waals surface area contributed by atoms with Crippen molar-refractivity contribution < 1.29 is 13.6 Å². The van der Waals surface area contributed by atoms with Crippen molar-refractivity contribution in [1.82, 2.24) is 10.3 Å². The van der Waals surface area contributed by atoms with E-state index in [0.29, 0.717) is 10.7 Å². The molecule has 3 rings (SSSR count). The second kappa shape index (κ2) is 7.93. The van der Waals surface area contributed by atoms with E-state index in [4.69, 9.17) is 11.6 Å². The van der Waals surface area contributed by atoms with Crippen LogP contribution in [0.4, 0.5) is 8.78 Å². The number of hydrogen-bond acceptors (Lipinski definition) is 3. The van der Waals surface area contributed by atoms with Gasteiger partial charge >= 0.3 is 0 Å². The maximum absolute atomic E-state index is 13.8. The molecule has 0 aliphatic carbocycles. The van der Waals surface area contributed by atoms with Crippen molar-refractivity contribution in [2.45, 2.75) is 19.4 Å². The van der Waals surface area contributed by atoms with Crippen LogP contribution in [0.15, 0.2) is 47.8 Å². The molecule has 0 spiro atoms. The van der Waals surface area contributed by atoms with Gasteiger partial charge in [-0.15, -0.1) is 11.3 Å². The predicted molar refractivity (Wildman–Crippen MR) is 99.2 cm³/mol. The quantitative estimate of drug-likeness (QED) is 0.651. The number of benzene rings is 2. The molecule has 134 valence electrons. The smallest absolute Gasteiger partial charge is 0.226 e. The average Bonchev–Trinajstić information content (AvgIpc) is 3.03. The molecule has 0 saturated carbocycles. The van der Waals surface area contributed by atoms with Crippen LogP contribution in [0.1, 0.15) is 24.2 Å². The molecule has 26 heavy (non-hydrogen) atoms. The molecule has 0 saturated heterocycles. The molecule has 1 atom stereocenters. The summed E-state index contributed by atoms with van der Waals surface area (Å²) in [4.78, 5) is 16.7. The minimum absolute atomic E-state index is 0.0736. The first-order chi connectivity index (χ1) is 12.4. The maximum atomic E-state index is 13.8. The number of hydrogen-bond donors (Lipinski definition) is 1. The number of aromatic nitrogens is 1. The van der Waals surface area contributed by atoms with E-state index in [1.165, 1.54) is 23.5 Å². The number of carbonyl (C=O) groups excluding carboxylic acids is 1. The van der Waals surface area contributed by atoms with Crippen molar-refractivity contribution in [2.75, 3.05) is 0 Å². The summed E-state index contributed by atoms with van der Waals surface area (Å²) >= 11 is 7.40. The fourth-order valence-electron chi connectivity index (χ4n) is 2.53. The maximum Gasteiger partial charge on any atom is 0.226 e. The van der Waals surface area contributed by atoms with Gasteiger partial charge in [0.25, 0.3) is 0 Å². The first-order valence-corrected chi connectivity index (χ1v) is 9.13. The monoisotopic (exact) mass is 392 g/mol. The molecule has 1 unspecified atom stereocenters.